The number of carbonyl (C=O) groups excluding carboxylic acids is 2. The molecular formula is C20H28N4O2. The van der Waals surface area contributed by atoms with Crippen LogP contribution in [0, 0.1) is 6.92 Å². The Kier molecular flexibility index (Phi) is 4.85. The first-order valence-electron chi connectivity index (χ1n) is 9.82. The van der Waals surface area contributed by atoms with E-state index in [1.54, 1.807) is 6.07 Å². The molecule has 3 saturated heterocycles. The number of piperidine rings is 2. The maximum Gasteiger partial charge on any atom is 0.322 e. The largest absolute Gasteiger partial charge is 0.349 e. The molecule has 3 aliphatic heterocycles. The lowest BCUT2D eigenvalue weighted by molar-refractivity contribution is 0.0937. The summed E-state index contributed by atoms with van der Waals surface area (Å²) in [7, 11) is 0. The number of anilines is 1. The summed E-state index contributed by atoms with van der Waals surface area (Å²) in [4.78, 5) is 27.0. The minimum Gasteiger partial charge on any atom is -0.349 e. The van der Waals surface area contributed by atoms with Crippen LogP contribution >= 0.6 is 0 Å². The summed E-state index contributed by atoms with van der Waals surface area (Å²) >= 11 is 0. The van der Waals surface area contributed by atoms with Crippen molar-refractivity contribution < 1.29 is 9.59 Å². The maximum absolute atomic E-state index is 12.7. The highest BCUT2D eigenvalue weighted by atomic mass is 16.2. The second kappa shape index (κ2) is 7.27. The number of rotatable bonds is 3. The van der Waals surface area contributed by atoms with Crippen molar-refractivity contribution in [3.05, 3.63) is 29.3 Å². The standard InChI is InChI=1S/C20H28N4O2/c1-13-10-14(19(25)22-15-4-2-3-5-15)6-9-18(13)23-20(26)24-12-16-7-8-17(24)11-21-16/h6,9-10,15-17,21H,2-5,7-8,11-12H2,1H3,(H,22,25)(H,23,26). The molecule has 5 rings (SSSR count). The van der Waals surface area contributed by atoms with E-state index in [0.29, 0.717) is 17.6 Å². The molecule has 3 N–H and O–H groups in total. The van der Waals surface area contributed by atoms with Crippen LogP contribution in [0.25, 0.3) is 0 Å². The molecule has 0 radical (unpaired) electrons. The zero-order chi connectivity index (χ0) is 18.1. The Bertz CT molecular complexity index is 691. The number of hydrogen-bond donors (Lipinski definition) is 3. The highest BCUT2D eigenvalue weighted by Gasteiger charge is 2.36. The third-order valence-corrected chi connectivity index (χ3v) is 6.03. The van der Waals surface area contributed by atoms with E-state index in [4.69, 9.17) is 0 Å². The normalized spacial score (nSPS) is 25.3. The Balaban J connectivity index is 1.39. The monoisotopic (exact) mass is 356 g/mol. The van der Waals surface area contributed by atoms with Gasteiger partial charge in [-0.1, -0.05) is 12.8 Å². The van der Waals surface area contributed by atoms with Gasteiger partial charge in [0.1, 0.15) is 0 Å². The molecule has 6 heteroatoms. The van der Waals surface area contributed by atoms with Gasteiger partial charge in [-0.2, -0.15) is 0 Å². The minimum atomic E-state index is -0.0348. The van der Waals surface area contributed by atoms with Gasteiger partial charge in [-0.3, -0.25) is 4.79 Å². The average Bonchev–Trinajstić information content (AvgIpc) is 3.17. The highest BCUT2D eigenvalue weighted by molar-refractivity contribution is 5.96. The van der Waals surface area contributed by atoms with Crippen LogP contribution in [0.4, 0.5) is 10.5 Å². The summed E-state index contributed by atoms with van der Waals surface area (Å²) in [6.45, 7) is 3.60. The number of carbonyl (C=O) groups is 2. The number of fused-ring (bicyclic) bond motifs is 3. The van der Waals surface area contributed by atoms with Crippen LogP contribution < -0.4 is 16.0 Å². The van der Waals surface area contributed by atoms with Crippen molar-refractivity contribution in [2.45, 2.75) is 63.6 Å². The van der Waals surface area contributed by atoms with Crippen LogP contribution in [0.15, 0.2) is 18.2 Å². The summed E-state index contributed by atoms with van der Waals surface area (Å²) in [5, 5.41) is 9.60. The second-order valence-corrected chi connectivity index (χ2v) is 7.90. The zero-order valence-electron chi connectivity index (χ0n) is 15.4. The molecule has 3 amide bonds. The number of nitrogens with one attached hydrogen (secondary N) is 3. The molecule has 1 saturated carbocycles. The Hall–Kier alpha value is -2.08. The van der Waals surface area contributed by atoms with E-state index in [1.165, 1.54) is 12.8 Å². The molecule has 6 nitrogen and oxygen atoms in total. The van der Waals surface area contributed by atoms with E-state index in [2.05, 4.69) is 16.0 Å². The topological polar surface area (TPSA) is 73.5 Å². The number of benzene rings is 1. The summed E-state index contributed by atoms with van der Waals surface area (Å²) in [6, 6.07) is 6.50. The van der Waals surface area contributed by atoms with E-state index in [1.807, 2.05) is 24.0 Å². The van der Waals surface area contributed by atoms with Crippen molar-refractivity contribution in [3.8, 4) is 0 Å². The van der Waals surface area contributed by atoms with E-state index >= 15 is 0 Å². The summed E-state index contributed by atoms with van der Waals surface area (Å²) in [6.07, 6.45) is 6.77. The first-order valence-corrected chi connectivity index (χ1v) is 9.82. The molecule has 2 atom stereocenters. The Morgan fingerprint density at radius 2 is 1.96 bits per heavy atom. The van der Waals surface area contributed by atoms with Gasteiger partial charge in [0.2, 0.25) is 0 Å². The summed E-state index contributed by atoms with van der Waals surface area (Å²) in [5.74, 6) is -0.0164. The summed E-state index contributed by atoms with van der Waals surface area (Å²) < 4.78 is 0. The van der Waals surface area contributed by atoms with Gasteiger partial charge in [-0.05, 0) is 56.4 Å². The van der Waals surface area contributed by atoms with Crippen LogP contribution in [-0.2, 0) is 0 Å². The van der Waals surface area contributed by atoms with Crippen molar-refractivity contribution in [3.63, 3.8) is 0 Å². The Labute approximate surface area is 154 Å². The third kappa shape index (κ3) is 3.56. The first-order chi connectivity index (χ1) is 12.6. The van der Waals surface area contributed by atoms with Crippen molar-refractivity contribution in [2.24, 2.45) is 0 Å². The van der Waals surface area contributed by atoms with Gasteiger partial charge < -0.3 is 20.9 Å². The smallest absolute Gasteiger partial charge is 0.322 e. The van der Waals surface area contributed by atoms with Crippen LogP contribution in [0.5, 0.6) is 0 Å². The third-order valence-electron chi connectivity index (χ3n) is 6.03. The number of nitrogens with zero attached hydrogens (tertiary/aromatic N) is 1. The molecule has 2 unspecified atom stereocenters. The number of amides is 3. The van der Waals surface area contributed by atoms with Crippen LogP contribution in [0.1, 0.15) is 54.4 Å². The first kappa shape index (κ1) is 17.3. The lowest BCUT2D eigenvalue weighted by Gasteiger charge is -2.45. The molecule has 1 aromatic carbocycles. The molecule has 0 spiro atoms. The number of piperazine rings is 1. The second-order valence-electron chi connectivity index (χ2n) is 7.90. The molecule has 140 valence electrons. The highest BCUT2D eigenvalue weighted by Crippen LogP contribution is 2.24. The van der Waals surface area contributed by atoms with Crippen molar-refractivity contribution in [2.75, 3.05) is 18.4 Å². The quantitative estimate of drug-likeness (QED) is 0.779. The van der Waals surface area contributed by atoms with E-state index in [9.17, 15) is 9.59 Å². The predicted octanol–water partition coefficient (Wildman–Crippen LogP) is 2.64. The molecule has 4 aliphatic rings. The van der Waals surface area contributed by atoms with Gasteiger partial charge in [-0.25, -0.2) is 4.79 Å². The Morgan fingerprint density at radius 3 is 2.58 bits per heavy atom. The predicted molar refractivity (Wildman–Crippen MR) is 101 cm³/mol. The minimum absolute atomic E-state index is 0.0164. The molecule has 26 heavy (non-hydrogen) atoms. The fraction of sp³-hybridized carbons (Fsp3) is 0.600. The molecule has 1 aromatic rings. The zero-order valence-corrected chi connectivity index (χ0v) is 15.4. The van der Waals surface area contributed by atoms with Crippen molar-refractivity contribution in [1.82, 2.24) is 15.5 Å². The lowest BCUT2D eigenvalue weighted by Crippen LogP contribution is -2.63. The van der Waals surface area contributed by atoms with Crippen molar-refractivity contribution in [1.29, 1.82) is 0 Å². The fourth-order valence-electron chi connectivity index (χ4n) is 4.43. The number of urea groups is 1. The summed E-state index contributed by atoms with van der Waals surface area (Å²) in [5.41, 5.74) is 2.35. The van der Waals surface area contributed by atoms with E-state index in [0.717, 1.165) is 50.0 Å². The molecule has 3 heterocycles. The number of hydrogen-bond acceptors (Lipinski definition) is 3. The van der Waals surface area contributed by atoms with Gasteiger partial charge >= 0.3 is 6.03 Å². The van der Waals surface area contributed by atoms with E-state index < -0.39 is 0 Å². The fourth-order valence-corrected chi connectivity index (χ4v) is 4.43. The Morgan fingerprint density at radius 1 is 1.15 bits per heavy atom. The molecule has 2 bridgehead atoms. The van der Waals surface area contributed by atoms with Gasteiger partial charge in [0.05, 0.1) is 0 Å². The molecule has 1 aliphatic carbocycles. The van der Waals surface area contributed by atoms with Crippen LogP contribution in [-0.4, -0.2) is 48.1 Å². The van der Waals surface area contributed by atoms with Crippen LogP contribution in [0.2, 0.25) is 0 Å². The maximum atomic E-state index is 12.7. The lowest BCUT2D eigenvalue weighted by atomic mass is 9.93. The van der Waals surface area contributed by atoms with Gasteiger partial charge in [0.15, 0.2) is 0 Å². The van der Waals surface area contributed by atoms with Crippen LogP contribution in [0.3, 0.4) is 0 Å². The van der Waals surface area contributed by atoms with Gasteiger partial charge in [-0.15, -0.1) is 0 Å². The number of aryl methyl sites for hydroxylation is 1. The average molecular weight is 356 g/mol. The molecule has 0 aromatic heterocycles. The van der Waals surface area contributed by atoms with E-state index in [-0.39, 0.29) is 18.0 Å². The SMILES string of the molecule is Cc1cc(C(=O)NC2CCCC2)ccc1NC(=O)N1CC2CCC1CN2. The molecular weight excluding hydrogens is 328 g/mol. The van der Waals surface area contributed by atoms with Crippen molar-refractivity contribution >= 4 is 17.6 Å². The van der Waals surface area contributed by atoms with Gasteiger partial charge in [0.25, 0.3) is 5.91 Å². The molecule has 4 fully saturated rings. The van der Waals surface area contributed by atoms with Gasteiger partial charge in [0, 0.05) is 42.5 Å².